The van der Waals surface area contributed by atoms with Gasteiger partial charge in [-0.15, -0.1) is 11.8 Å². The van der Waals surface area contributed by atoms with Crippen LogP contribution in [0.1, 0.15) is 10.4 Å². The van der Waals surface area contributed by atoms with E-state index < -0.39 is 11.7 Å². The first kappa shape index (κ1) is 18.7. The van der Waals surface area contributed by atoms with E-state index in [-0.39, 0.29) is 17.2 Å². The number of thioether (sulfide) groups is 1. The molecule has 0 aliphatic heterocycles. The van der Waals surface area contributed by atoms with Gasteiger partial charge in [0.2, 0.25) is 5.91 Å². The molecule has 0 atom stereocenters. The Balaban J connectivity index is 1.46. The molecule has 0 heterocycles. The number of amides is 2. The Hall–Kier alpha value is -3.12. The van der Waals surface area contributed by atoms with E-state index in [0.29, 0.717) is 0 Å². The Bertz CT molecular complexity index is 913. The summed E-state index contributed by atoms with van der Waals surface area (Å²) in [6.45, 7) is 0. The van der Waals surface area contributed by atoms with Crippen LogP contribution in [0.3, 0.4) is 0 Å². The second-order valence-electron chi connectivity index (χ2n) is 5.69. The molecule has 0 spiro atoms. The lowest BCUT2D eigenvalue weighted by Gasteiger charge is -2.08. The number of halogens is 1. The number of hydrazine groups is 1. The molecule has 6 heteroatoms. The average Bonchev–Trinajstić information content (AvgIpc) is 2.72. The molecule has 0 aliphatic rings. The van der Waals surface area contributed by atoms with Crippen LogP contribution in [0.4, 0.5) is 4.39 Å². The van der Waals surface area contributed by atoms with Crippen molar-refractivity contribution in [1.29, 1.82) is 0 Å². The first-order chi connectivity index (χ1) is 13.1. The third kappa shape index (κ3) is 5.43. The van der Waals surface area contributed by atoms with Crippen molar-refractivity contribution in [2.75, 3.05) is 5.75 Å². The van der Waals surface area contributed by atoms with Gasteiger partial charge in [-0.2, -0.15) is 0 Å². The minimum atomic E-state index is -0.499. The van der Waals surface area contributed by atoms with Crippen LogP contribution in [0.25, 0.3) is 11.1 Å². The molecule has 2 amide bonds. The van der Waals surface area contributed by atoms with E-state index in [9.17, 15) is 14.0 Å². The van der Waals surface area contributed by atoms with Gasteiger partial charge in [0, 0.05) is 10.5 Å². The summed E-state index contributed by atoms with van der Waals surface area (Å²) in [6.07, 6.45) is 0. The molecule has 2 N–H and O–H groups in total. The first-order valence-corrected chi connectivity index (χ1v) is 9.23. The monoisotopic (exact) mass is 380 g/mol. The molecule has 0 radical (unpaired) electrons. The molecule has 3 rings (SSSR count). The lowest BCUT2D eigenvalue weighted by molar-refractivity contribution is -0.119. The Labute approximate surface area is 160 Å². The van der Waals surface area contributed by atoms with E-state index in [2.05, 4.69) is 10.9 Å². The maximum Gasteiger partial charge on any atom is 0.269 e. The molecule has 0 bridgehead atoms. The van der Waals surface area contributed by atoms with E-state index in [1.54, 1.807) is 0 Å². The Kier molecular flexibility index (Phi) is 6.22. The maximum absolute atomic E-state index is 12.8. The van der Waals surface area contributed by atoms with E-state index in [4.69, 9.17) is 0 Å². The van der Waals surface area contributed by atoms with Gasteiger partial charge in [0.1, 0.15) is 5.82 Å². The van der Waals surface area contributed by atoms with Crippen molar-refractivity contribution in [2.45, 2.75) is 4.90 Å². The molecule has 3 aromatic carbocycles. The third-order valence-electron chi connectivity index (χ3n) is 3.75. The van der Waals surface area contributed by atoms with Crippen molar-refractivity contribution in [2.24, 2.45) is 0 Å². The van der Waals surface area contributed by atoms with Gasteiger partial charge in [-0.05, 0) is 47.5 Å². The normalized spacial score (nSPS) is 10.3. The van der Waals surface area contributed by atoms with Crippen LogP contribution >= 0.6 is 11.8 Å². The summed E-state index contributed by atoms with van der Waals surface area (Å²) < 4.78 is 12.8. The highest BCUT2D eigenvalue weighted by Crippen LogP contribution is 2.23. The summed E-state index contributed by atoms with van der Waals surface area (Å²) in [5, 5.41) is 0. The summed E-state index contributed by atoms with van der Waals surface area (Å²) in [5.74, 6) is -1.09. The third-order valence-corrected chi connectivity index (χ3v) is 4.77. The maximum atomic E-state index is 12.8. The number of hydrogen-bond acceptors (Lipinski definition) is 3. The highest BCUT2D eigenvalue weighted by Gasteiger charge is 2.08. The standard InChI is InChI=1S/C21H17FN2O2S/c22-18-10-6-17(7-11-18)21(26)24-23-20(25)14-27-19-12-8-16(9-13-19)15-4-2-1-3-5-15/h1-13H,14H2,(H,23,25)(H,24,26). The largest absolute Gasteiger partial charge is 0.272 e. The van der Waals surface area contributed by atoms with Crippen LogP contribution in [-0.2, 0) is 4.79 Å². The second-order valence-corrected chi connectivity index (χ2v) is 6.74. The highest BCUT2D eigenvalue weighted by molar-refractivity contribution is 8.00. The Morgan fingerprint density at radius 2 is 1.41 bits per heavy atom. The molecular weight excluding hydrogens is 363 g/mol. The lowest BCUT2D eigenvalue weighted by atomic mass is 10.1. The van der Waals surface area contributed by atoms with Gasteiger partial charge in [0.05, 0.1) is 5.75 Å². The molecule has 0 saturated heterocycles. The molecular formula is C21H17FN2O2S. The molecule has 0 aromatic heterocycles. The first-order valence-electron chi connectivity index (χ1n) is 8.25. The van der Waals surface area contributed by atoms with Crippen molar-refractivity contribution in [3.63, 3.8) is 0 Å². The number of benzene rings is 3. The summed E-state index contributed by atoms with van der Waals surface area (Å²) in [7, 11) is 0. The van der Waals surface area contributed by atoms with Crippen LogP contribution in [-0.4, -0.2) is 17.6 Å². The number of rotatable bonds is 5. The molecule has 3 aromatic rings. The minimum absolute atomic E-state index is 0.161. The molecule has 136 valence electrons. The summed E-state index contributed by atoms with van der Waals surface area (Å²) in [5.41, 5.74) is 7.17. The van der Waals surface area contributed by atoms with E-state index in [1.165, 1.54) is 36.0 Å². The van der Waals surface area contributed by atoms with Crippen LogP contribution in [0.5, 0.6) is 0 Å². The van der Waals surface area contributed by atoms with Crippen LogP contribution < -0.4 is 10.9 Å². The predicted molar refractivity (Wildman–Crippen MR) is 105 cm³/mol. The Morgan fingerprint density at radius 1 is 0.778 bits per heavy atom. The number of hydrogen-bond donors (Lipinski definition) is 2. The van der Waals surface area contributed by atoms with Crippen LogP contribution in [0.2, 0.25) is 0 Å². The molecule has 0 fully saturated rings. The van der Waals surface area contributed by atoms with E-state index in [0.717, 1.165) is 16.0 Å². The zero-order chi connectivity index (χ0) is 19.1. The van der Waals surface area contributed by atoms with Crippen molar-refractivity contribution >= 4 is 23.6 Å². The smallest absolute Gasteiger partial charge is 0.269 e. The zero-order valence-electron chi connectivity index (χ0n) is 14.3. The molecule has 27 heavy (non-hydrogen) atoms. The van der Waals surface area contributed by atoms with Gasteiger partial charge in [-0.1, -0.05) is 42.5 Å². The fourth-order valence-electron chi connectivity index (χ4n) is 2.36. The van der Waals surface area contributed by atoms with Crippen LogP contribution in [0.15, 0.2) is 83.8 Å². The molecule has 0 aliphatic carbocycles. The highest BCUT2D eigenvalue weighted by atomic mass is 32.2. The molecule has 4 nitrogen and oxygen atoms in total. The quantitative estimate of drug-likeness (QED) is 0.519. The second kappa shape index (κ2) is 9.00. The van der Waals surface area contributed by atoms with Gasteiger partial charge in [0.25, 0.3) is 5.91 Å². The number of carbonyl (C=O) groups excluding carboxylic acids is 2. The lowest BCUT2D eigenvalue weighted by Crippen LogP contribution is -2.42. The zero-order valence-corrected chi connectivity index (χ0v) is 15.1. The average molecular weight is 380 g/mol. The van der Waals surface area contributed by atoms with Gasteiger partial charge < -0.3 is 0 Å². The summed E-state index contributed by atoms with van der Waals surface area (Å²) >= 11 is 1.37. The number of nitrogens with one attached hydrogen (secondary N) is 2. The SMILES string of the molecule is O=C(CSc1ccc(-c2ccccc2)cc1)NNC(=O)c1ccc(F)cc1. The topological polar surface area (TPSA) is 58.2 Å². The van der Waals surface area contributed by atoms with Crippen molar-refractivity contribution < 1.29 is 14.0 Å². The predicted octanol–water partition coefficient (Wildman–Crippen LogP) is 4.05. The van der Waals surface area contributed by atoms with Crippen molar-refractivity contribution in [3.8, 4) is 11.1 Å². The van der Waals surface area contributed by atoms with Gasteiger partial charge in [-0.3, -0.25) is 20.4 Å². The summed E-state index contributed by atoms with van der Waals surface area (Å²) in [4.78, 5) is 24.7. The number of carbonyl (C=O) groups is 2. The van der Waals surface area contributed by atoms with Gasteiger partial charge in [-0.25, -0.2) is 4.39 Å². The van der Waals surface area contributed by atoms with Crippen molar-refractivity contribution in [1.82, 2.24) is 10.9 Å². The van der Waals surface area contributed by atoms with E-state index in [1.807, 2.05) is 54.6 Å². The fourth-order valence-corrected chi connectivity index (χ4v) is 3.06. The van der Waals surface area contributed by atoms with Crippen molar-refractivity contribution in [3.05, 3.63) is 90.2 Å². The molecule has 0 saturated carbocycles. The fraction of sp³-hybridized carbons (Fsp3) is 0.0476. The van der Waals surface area contributed by atoms with Gasteiger partial charge in [0.15, 0.2) is 0 Å². The summed E-state index contributed by atoms with van der Waals surface area (Å²) in [6, 6.07) is 23.0. The Morgan fingerprint density at radius 3 is 2.07 bits per heavy atom. The van der Waals surface area contributed by atoms with E-state index >= 15 is 0 Å². The van der Waals surface area contributed by atoms with Crippen LogP contribution in [0, 0.1) is 5.82 Å². The van der Waals surface area contributed by atoms with Gasteiger partial charge >= 0.3 is 0 Å². The minimum Gasteiger partial charge on any atom is -0.272 e. The molecule has 0 unspecified atom stereocenters.